The summed E-state index contributed by atoms with van der Waals surface area (Å²) in [5.41, 5.74) is 1.17. The largest absolute Gasteiger partial charge is 0.478 e. The van der Waals surface area contributed by atoms with Crippen molar-refractivity contribution in [1.82, 2.24) is 5.32 Å². The summed E-state index contributed by atoms with van der Waals surface area (Å²) in [4.78, 5) is 10.9. The van der Waals surface area contributed by atoms with Crippen LogP contribution >= 0.6 is 0 Å². The van der Waals surface area contributed by atoms with Gasteiger partial charge in [-0.15, -0.1) is 0 Å². The normalized spacial score (nSPS) is 10.9. The number of carboxylic acids is 1. The zero-order valence-corrected chi connectivity index (χ0v) is 14.4. The van der Waals surface area contributed by atoms with Gasteiger partial charge < -0.3 is 14.8 Å². The molecule has 24 heavy (non-hydrogen) atoms. The average Bonchev–Trinajstić information content (AvgIpc) is 3.06. The van der Waals surface area contributed by atoms with Crippen molar-refractivity contribution >= 4 is 5.97 Å². The van der Waals surface area contributed by atoms with Crippen LogP contribution in [0.4, 0.5) is 0 Å². The van der Waals surface area contributed by atoms with E-state index in [1.54, 1.807) is 24.3 Å². The molecule has 0 spiro atoms. The minimum absolute atomic E-state index is 0.283. The highest BCUT2D eigenvalue weighted by Gasteiger charge is 2.07. The molecule has 0 aliphatic rings. The Morgan fingerprint density at radius 3 is 2.42 bits per heavy atom. The van der Waals surface area contributed by atoms with Crippen molar-refractivity contribution in [3.8, 4) is 11.3 Å². The Kier molecular flexibility index (Phi) is 7.56. The number of rotatable bonds is 11. The zero-order chi connectivity index (χ0) is 17.2. The second kappa shape index (κ2) is 9.93. The lowest BCUT2D eigenvalue weighted by Gasteiger charge is -2.03. The summed E-state index contributed by atoms with van der Waals surface area (Å²) >= 11 is 0. The third-order valence-corrected chi connectivity index (χ3v) is 4.08. The summed E-state index contributed by atoms with van der Waals surface area (Å²) in [7, 11) is 0. The highest BCUT2D eigenvalue weighted by atomic mass is 16.4. The summed E-state index contributed by atoms with van der Waals surface area (Å²) in [6.45, 7) is 3.97. The number of hydrogen-bond acceptors (Lipinski definition) is 3. The molecule has 2 N–H and O–H groups in total. The van der Waals surface area contributed by atoms with Crippen molar-refractivity contribution in [3.05, 3.63) is 47.7 Å². The van der Waals surface area contributed by atoms with Gasteiger partial charge in [-0.1, -0.05) is 51.2 Å². The number of furan rings is 1. The predicted molar refractivity (Wildman–Crippen MR) is 96.2 cm³/mol. The van der Waals surface area contributed by atoms with E-state index in [-0.39, 0.29) is 5.56 Å². The van der Waals surface area contributed by atoms with Gasteiger partial charge in [-0.2, -0.15) is 0 Å². The summed E-state index contributed by atoms with van der Waals surface area (Å²) in [6, 6.07) is 10.6. The Hall–Kier alpha value is -2.07. The molecular weight excluding hydrogens is 302 g/mol. The molecule has 0 amide bonds. The molecule has 0 aliphatic heterocycles. The third kappa shape index (κ3) is 5.85. The summed E-state index contributed by atoms with van der Waals surface area (Å²) in [5, 5.41) is 12.3. The van der Waals surface area contributed by atoms with Crippen LogP contribution in [0, 0.1) is 0 Å². The van der Waals surface area contributed by atoms with Gasteiger partial charge in [-0.3, -0.25) is 0 Å². The maximum absolute atomic E-state index is 10.9. The predicted octanol–water partition coefficient (Wildman–Crippen LogP) is 5.09. The monoisotopic (exact) mass is 329 g/mol. The number of carboxylic acid groups (broad SMARTS) is 1. The van der Waals surface area contributed by atoms with Crippen LogP contribution in [0.3, 0.4) is 0 Å². The minimum atomic E-state index is -0.916. The Labute approximate surface area is 143 Å². The fraction of sp³-hybridized carbons (Fsp3) is 0.450. The molecule has 0 saturated carbocycles. The van der Waals surface area contributed by atoms with E-state index in [9.17, 15) is 4.79 Å². The molecular formula is C20H27NO3. The lowest BCUT2D eigenvalue weighted by Crippen LogP contribution is -2.14. The third-order valence-electron chi connectivity index (χ3n) is 4.08. The number of hydrogen-bond donors (Lipinski definition) is 2. The van der Waals surface area contributed by atoms with Gasteiger partial charge in [0.1, 0.15) is 11.5 Å². The number of nitrogens with one attached hydrogen (secondary N) is 1. The molecule has 0 unspecified atom stereocenters. The first-order chi connectivity index (χ1) is 11.7. The molecule has 0 aliphatic carbocycles. The Morgan fingerprint density at radius 1 is 1.00 bits per heavy atom. The van der Waals surface area contributed by atoms with Crippen molar-refractivity contribution in [2.45, 2.75) is 52.0 Å². The van der Waals surface area contributed by atoms with Crippen molar-refractivity contribution < 1.29 is 14.3 Å². The minimum Gasteiger partial charge on any atom is -0.478 e. The lowest BCUT2D eigenvalue weighted by molar-refractivity contribution is 0.0697. The highest BCUT2D eigenvalue weighted by Crippen LogP contribution is 2.22. The van der Waals surface area contributed by atoms with Crippen LogP contribution < -0.4 is 5.32 Å². The molecule has 0 saturated heterocycles. The molecule has 0 atom stereocenters. The van der Waals surface area contributed by atoms with Crippen LogP contribution in [0.25, 0.3) is 11.3 Å². The van der Waals surface area contributed by atoms with Crippen molar-refractivity contribution in [3.63, 3.8) is 0 Å². The van der Waals surface area contributed by atoms with Crippen molar-refractivity contribution in [2.24, 2.45) is 0 Å². The zero-order valence-electron chi connectivity index (χ0n) is 14.4. The first-order valence-corrected chi connectivity index (χ1v) is 8.84. The van der Waals surface area contributed by atoms with Crippen LogP contribution in [0.15, 0.2) is 40.8 Å². The van der Waals surface area contributed by atoms with Gasteiger partial charge in [0.2, 0.25) is 0 Å². The molecule has 2 aromatic rings. The summed E-state index contributed by atoms with van der Waals surface area (Å²) in [6.07, 6.45) is 7.79. The van der Waals surface area contributed by atoms with E-state index >= 15 is 0 Å². The number of benzene rings is 1. The van der Waals surface area contributed by atoms with Gasteiger partial charge >= 0.3 is 5.97 Å². The number of aromatic carboxylic acids is 1. The molecule has 0 radical (unpaired) electrons. The molecule has 2 rings (SSSR count). The summed E-state index contributed by atoms with van der Waals surface area (Å²) in [5.74, 6) is 0.752. The molecule has 0 bridgehead atoms. The van der Waals surface area contributed by atoms with Gasteiger partial charge in [0.15, 0.2) is 0 Å². The molecule has 4 nitrogen and oxygen atoms in total. The Bertz CT molecular complexity index is 616. The van der Waals surface area contributed by atoms with Crippen LogP contribution in [0.5, 0.6) is 0 Å². The summed E-state index contributed by atoms with van der Waals surface area (Å²) < 4.78 is 5.82. The second-order valence-electron chi connectivity index (χ2n) is 6.09. The molecule has 4 heteroatoms. The lowest BCUT2D eigenvalue weighted by atomic mass is 10.1. The first kappa shape index (κ1) is 18.3. The SMILES string of the molecule is CCCCCCCCNCc1ccc(-c2ccc(C(=O)O)cc2)o1. The van der Waals surface area contributed by atoms with Gasteiger partial charge in [-0.25, -0.2) is 4.79 Å². The fourth-order valence-electron chi connectivity index (χ4n) is 2.65. The van der Waals surface area contributed by atoms with Crippen molar-refractivity contribution in [1.29, 1.82) is 0 Å². The number of unbranched alkanes of at least 4 members (excludes halogenated alkanes) is 5. The van der Waals surface area contributed by atoms with E-state index < -0.39 is 5.97 Å². The first-order valence-electron chi connectivity index (χ1n) is 8.84. The van der Waals surface area contributed by atoms with Crippen molar-refractivity contribution in [2.75, 3.05) is 6.54 Å². The fourth-order valence-corrected chi connectivity index (χ4v) is 2.65. The van der Waals surface area contributed by atoms with Gasteiger partial charge in [0.25, 0.3) is 0 Å². The number of carbonyl (C=O) groups is 1. The van der Waals surface area contributed by atoms with E-state index in [2.05, 4.69) is 12.2 Å². The van der Waals surface area contributed by atoms with E-state index in [1.807, 2.05) is 12.1 Å². The maximum atomic E-state index is 10.9. The molecule has 130 valence electrons. The highest BCUT2D eigenvalue weighted by molar-refractivity contribution is 5.88. The topological polar surface area (TPSA) is 62.5 Å². The maximum Gasteiger partial charge on any atom is 0.335 e. The van der Waals surface area contributed by atoms with Crippen LogP contribution in [-0.4, -0.2) is 17.6 Å². The van der Waals surface area contributed by atoms with Gasteiger partial charge in [-0.05, 0) is 37.2 Å². The quantitative estimate of drug-likeness (QED) is 0.563. The Balaban J connectivity index is 1.72. The van der Waals surface area contributed by atoms with E-state index in [4.69, 9.17) is 9.52 Å². The molecule has 1 aromatic carbocycles. The van der Waals surface area contributed by atoms with Gasteiger partial charge in [0.05, 0.1) is 12.1 Å². The second-order valence-corrected chi connectivity index (χ2v) is 6.09. The van der Waals surface area contributed by atoms with Crippen LogP contribution in [-0.2, 0) is 6.54 Å². The van der Waals surface area contributed by atoms with Crippen LogP contribution in [0.1, 0.15) is 61.6 Å². The molecule has 1 heterocycles. The Morgan fingerprint density at radius 2 is 1.71 bits per heavy atom. The molecule has 1 aromatic heterocycles. The van der Waals surface area contributed by atoms with E-state index in [0.29, 0.717) is 0 Å². The van der Waals surface area contributed by atoms with Gasteiger partial charge in [0, 0.05) is 5.56 Å². The van der Waals surface area contributed by atoms with Crippen LogP contribution in [0.2, 0.25) is 0 Å². The van der Waals surface area contributed by atoms with E-state index in [0.717, 1.165) is 30.2 Å². The standard InChI is InChI=1S/C20H27NO3/c1-2-3-4-5-6-7-14-21-15-18-12-13-19(24-18)16-8-10-17(11-9-16)20(22)23/h8-13,21H,2-7,14-15H2,1H3,(H,22,23). The molecule has 0 fully saturated rings. The van der Waals surface area contributed by atoms with E-state index in [1.165, 1.54) is 38.5 Å². The smallest absolute Gasteiger partial charge is 0.335 e. The average molecular weight is 329 g/mol.